The lowest BCUT2D eigenvalue weighted by Crippen LogP contribution is -2.35. The van der Waals surface area contributed by atoms with Gasteiger partial charge in [-0.3, -0.25) is 0 Å². The van der Waals surface area contributed by atoms with Crippen molar-refractivity contribution in [1.29, 1.82) is 0 Å². The van der Waals surface area contributed by atoms with Crippen LogP contribution in [0.2, 0.25) is 0 Å². The minimum Gasteiger partial charge on any atom is -0.495 e. The third-order valence-electron chi connectivity index (χ3n) is 2.75. The molecule has 0 saturated heterocycles. The fourth-order valence-electron chi connectivity index (χ4n) is 1.94. The van der Waals surface area contributed by atoms with Crippen molar-refractivity contribution in [3.8, 4) is 5.75 Å². The molecular formula is C12H18N2OS. The van der Waals surface area contributed by atoms with Crippen LogP contribution in [-0.4, -0.2) is 39.5 Å². The highest BCUT2D eigenvalue weighted by Gasteiger charge is 2.20. The first kappa shape index (κ1) is 11.6. The van der Waals surface area contributed by atoms with Crippen molar-refractivity contribution in [1.82, 2.24) is 5.32 Å². The lowest BCUT2D eigenvalue weighted by atomic mass is 10.2. The van der Waals surface area contributed by atoms with Crippen molar-refractivity contribution in [2.24, 2.45) is 0 Å². The minimum absolute atomic E-state index is 0.987. The molecule has 1 aromatic rings. The smallest absolute Gasteiger partial charge is 0.143 e. The molecule has 0 saturated carbocycles. The van der Waals surface area contributed by atoms with Gasteiger partial charge in [-0.15, -0.1) is 11.8 Å². The van der Waals surface area contributed by atoms with Gasteiger partial charge in [-0.2, -0.15) is 0 Å². The van der Waals surface area contributed by atoms with E-state index in [2.05, 4.69) is 22.3 Å². The maximum Gasteiger partial charge on any atom is 0.143 e. The van der Waals surface area contributed by atoms with Gasteiger partial charge < -0.3 is 15.0 Å². The highest BCUT2D eigenvalue weighted by Crippen LogP contribution is 2.41. The molecule has 0 fully saturated rings. The summed E-state index contributed by atoms with van der Waals surface area (Å²) in [5.74, 6) is 2.14. The third kappa shape index (κ3) is 2.28. The molecule has 1 N–H and O–H groups in total. The second-order valence-corrected chi connectivity index (χ2v) is 4.88. The standard InChI is InChI=1S/C12H18N2OS/c1-13-6-7-14-8-9-16-11-5-3-4-10(15-2)12(11)14/h3-5,13H,6-9H2,1-2H3. The molecule has 0 amide bonds. The van der Waals surface area contributed by atoms with Crippen LogP contribution in [0.4, 0.5) is 5.69 Å². The van der Waals surface area contributed by atoms with E-state index in [0.717, 1.165) is 31.1 Å². The number of benzene rings is 1. The van der Waals surface area contributed by atoms with E-state index in [4.69, 9.17) is 4.74 Å². The quantitative estimate of drug-likeness (QED) is 0.865. The molecule has 0 spiro atoms. The zero-order valence-corrected chi connectivity index (χ0v) is 10.6. The number of fused-ring (bicyclic) bond motifs is 1. The number of likely N-dealkylation sites (N-methyl/N-ethyl adjacent to an activating group) is 1. The molecule has 1 aromatic carbocycles. The maximum atomic E-state index is 5.45. The summed E-state index contributed by atoms with van der Waals surface area (Å²) in [7, 11) is 3.73. The largest absolute Gasteiger partial charge is 0.495 e. The van der Waals surface area contributed by atoms with Crippen LogP contribution in [0.25, 0.3) is 0 Å². The van der Waals surface area contributed by atoms with E-state index in [1.807, 2.05) is 24.9 Å². The normalized spacial score (nSPS) is 14.8. The summed E-state index contributed by atoms with van der Waals surface area (Å²) >= 11 is 1.91. The number of thioether (sulfide) groups is 1. The van der Waals surface area contributed by atoms with E-state index >= 15 is 0 Å². The molecule has 4 heteroatoms. The molecule has 2 rings (SSSR count). The first-order valence-electron chi connectivity index (χ1n) is 5.56. The minimum atomic E-state index is 0.987. The lowest BCUT2D eigenvalue weighted by molar-refractivity contribution is 0.413. The number of hydrogen-bond acceptors (Lipinski definition) is 4. The monoisotopic (exact) mass is 238 g/mol. The van der Waals surface area contributed by atoms with E-state index in [0.29, 0.717) is 0 Å². The summed E-state index contributed by atoms with van der Waals surface area (Å²) in [6.07, 6.45) is 0. The molecule has 0 atom stereocenters. The van der Waals surface area contributed by atoms with Gasteiger partial charge in [0.1, 0.15) is 5.75 Å². The molecule has 0 aliphatic carbocycles. The lowest BCUT2D eigenvalue weighted by Gasteiger charge is -2.32. The van der Waals surface area contributed by atoms with Crippen molar-refractivity contribution < 1.29 is 4.74 Å². The highest BCUT2D eigenvalue weighted by molar-refractivity contribution is 7.99. The Morgan fingerprint density at radius 3 is 3.12 bits per heavy atom. The van der Waals surface area contributed by atoms with E-state index in [-0.39, 0.29) is 0 Å². The van der Waals surface area contributed by atoms with E-state index in [1.165, 1.54) is 10.6 Å². The number of methoxy groups -OCH3 is 1. The summed E-state index contributed by atoms with van der Waals surface area (Å²) in [6.45, 7) is 3.13. The summed E-state index contributed by atoms with van der Waals surface area (Å²) in [6, 6.07) is 6.28. The zero-order chi connectivity index (χ0) is 11.4. The van der Waals surface area contributed by atoms with Gasteiger partial charge in [0, 0.05) is 30.3 Å². The number of nitrogens with one attached hydrogen (secondary N) is 1. The molecule has 16 heavy (non-hydrogen) atoms. The van der Waals surface area contributed by atoms with Gasteiger partial charge >= 0.3 is 0 Å². The molecular weight excluding hydrogens is 220 g/mol. The van der Waals surface area contributed by atoms with Crippen LogP contribution >= 0.6 is 11.8 Å². The molecule has 0 aromatic heterocycles. The predicted octanol–water partition coefficient (Wildman–Crippen LogP) is 1.83. The Hall–Kier alpha value is -0.870. The average Bonchev–Trinajstić information content (AvgIpc) is 2.35. The topological polar surface area (TPSA) is 24.5 Å². The van der Waals surface area contributed by atoms with Crippen molar-refractivity contribution in [2.45, 2.75) is 4.90 Å². The molecule has 1 heterocycles. The van der Waals surface area contributed by atoms with Crippen LogP contribution in [0.3, 0.4) is 0 Å². The number of nitrogens with zero attached hydrogens (tertiary/aromatic N) is 1. The SMILES string of the molecule is CNCCN1CCSc2cccc(OC)c21. The van der Waals surface area contributed by atoms with Crippen molar-refractivity contribution in [3.05, 3.63) is 18.2 Å². The van der Waals surface area contributed by atoms with E-state index in [9.17, 15) is 0 Å². The van der Waals surface area contributed by atoms with Gasteiger partial charge in [-0.25, -0.2) is 0 Å². The number of rotatable bonds is 4. The predicted molar refractivity (Wildman–Crippen MR) is 69.9 cm³/mol. The van der Waals surface area contributed by atoms with Gasteiger partial charge in [0.05, 0.1) is 12.8 Å². The van der Waals surface area contributed by atoms with E-state index in [1.54, 1.807) is 7.11 Å². The van der Waals surface area contributed by atoms with Gasteiger partial charge in [0.15, 0.2) is 0 Å². The van der Waals surface area contributed by atoms with Gasteiger partial charge in [-0.1, -0.05) is 6.07 Å². The summed E-state index contributed by atoms with van der Waals surface area (Å²) < 4.78 is 5.45. The van der Waals surface area contributed by atoms with Gasteiger partial charge in [0.25, 0.3) is 0 Å². The van der Waals surface area contributed by atoms with Crippen LogP contribution in [0, 0.1) is 0 Å². The van der Waals surface area contributed by atoms with Crippen molar-refractivity contribution in [2.75, 3.05) is 44.4 Å². The Morgan fingerprint density at radius 1 is 1.50 bits per heavy atom. The van der Waals surface area contributed by atoms with Crippen LogP contribution in [0.1, 0.15) is 0 Å². The number of para-hydroxylation sites is 1. The molecule has 1 aliphatic heterocycles. The second kappa shape index (κ2) is 5.46. The number of hydrogen-bond donors (Lipinski definition) is 1. The molecule has 0 unspecified atom stereocenters. The van der Waals surface area contributed by atoms with Crippen molar-refractivity contribution >= 4 is 17.4 Å². The molecule has 0 bridgehead atoms. The van der Waals surface area contributed by atoms with Crippen LogP contribution in [0.15, 0.2) is 23.1 Å². The van der Waals surface area contributed by atoms with Gasteiger partial charge in [0.2, 0.25) is 0 Å². The summed E-state index contributed by atoms with van der Waals surface area (Å²) in [4.78, 5) is 3.74. The van der Waals surface area contributed by atoms with Crippen LogP contribution in [0.5, 0.6) is 5.75 Å². The Morgan fingerprint density at radius 2 is 2.38 bits per heavy atom. The van der Waals surface area contributed by atoms with Crippen LogP contribution < -0.4 is 15.0 Å². The Bertz CT molecular complexity index is 343. The summed E-state index contributed by atoms with van der Waals surface area (Å²) in [5.41, 5.74) is 1.26. The zero-order valence-electron chi connectivity index (χ0n) is 9.82. The fraction of sp³-hybridized carbons (Fsp3) is 0.500. The maximum absolute atomic E-state index is 5.45. The number of anilines is 1. The average molecular weight is 238 g/mol. The molecule has 88 valence electrons. The van der Waals surface area contributed by atoms with Crippen LogP contribution in [-0.2, 0) is 0 Å². The molecule has 0 radical (unpaired) electrons. The Balaban J connectivity index is 2.27. The fourth-order valence-corrected chi connectivity index (χ4v) is 3.02. The number of ether oxygens (including phenoxy) is 1. The first-order valence-corrected chi connectivity index (χ1v) is 6.54. The van der Waals surface area contributed by atoms with Gasteiger partial charge in [-0.05, 0) is 19.2 Å². The summed E-state index contributed by atoms with van der Waals surface area (Å²) in [5, 5.41) is 3.19. The highest BCUT2D eigenvalue weighted by atomic mass is 32.2. The van der Waals surface area contributed by atoms with E-state index < -0.39 is 0 Å². The Labute approximate surface area is 101 Å². The molecule has 3 nitrogen and oxygen atoms in total. The Kier molecular flexibility index (Phi) is 3.96. The molecule has 1 aliphatic rings. The third-order valence-corrected chi connectivity index (χ3v) is 3.78. The first-order chi connectivity index (χ1) is 7.86. The second-order valence-electron chi connectivity index (χ2n) is 3.75. The van der Waals surface area contributed by atoms with Crippen molar-refractivity contribution in [3.63, 3.8) is 0 Å².